The molecule has 1 rings (SSSR count). The fourth-order valence-corrected chi connectivity index (χ4v) is 9.84. The van der Waals surface area contributed by atoms with Crippen molar-refractivity contribution in [1.82, 2.24) is 74.4 Å². The van der Waals surface area contributed by atoms with Crippen LogP contribution in [-0.4, -0.2) is 266 Å². The van der Waals surface area contributed by atoms with Crippen molar-refractivity contribution in [2.24, 2.45) is 28.7 Å². The number of carboxylic acids is 4. The maximum atomic E-state index is 14.1. The van der Waals surface area contributed by atoms with Crippen LogP contribution in [0.2, 0.25) is 0 Å². The monoisotopic (exact) mass is 1570 g/mol. The number of aromatic hydroxyl groups is 1. The standard InChI is InChI=1S/C62H96N20O26S/c1-28(63)50(96)75-33(13-18-47(90)91)52(98)70-25-45(88)74-35(14-19-48(92)93)54(100)72-29(2)51(97)76-32(5-4-21-69-62(67)68)55(101)77-37(12-17-44(66)87)58(104)82-41(27-83)60(106)81-40(24-49(94)95)53(99)71-26-46(89)73-34(10-15-42(64)85)56(102)80-39(23-30-6-8-31(84)9-7-30)59(105)78-36(11-16-43(65)86)57(103)79-38(61(107)108)20-22-109-3/h6-9,28-29,32-41,83-84H,4-5,10-27,63H2,1-3H3,(H2,64,85)(H2,65,86)(H2,66,87)(H,70,98)(H,71,99)(H,72,100)(H,73,89)(H,74,88)(H,75,96)(H,76,97)(H,77,101)(H,78,105)(H,79,103)(H,80,102)(H,81,106)(H,82,104)(H,90,91)(H,92,93)(H,94,95)(H,107,108)(H4,67,68,69)/t28-,29-,32-,33-,34-,35-,36-,37-,38-,39-,40-,41-/m0/s1. The van der Waals surface area contributed by atoms with Gasteiger partial charge in [0.2, 0.25) is 94.5 Å². The van der Waals surface area contributed by atoms with Crippen LogP contribution in [0.5, 0.6) is 5.75 Å². The number of aliphatic hydroxyl groups excluding tert-OH is 1. The van der Waals surface area contributed by atoms with Crippen molar-refractivity contribution < 1.29 is 127 Å². The zero-order chi connectivity index (χ0) is 82.8. The third-order valence-corrected chi connectivity index (χ3v) is 15.9. The van der Waals surface area contributed by atoms with Gasteiger partial charge in [-0.2, -0.15) is 11.8 Å². The number of amides is 16. The molecule has 31 N–H and O–H groups in total. The van der Waals surface area contributed by atoms with Gasteiger partial charge in [-0.15, -0.1) is 0 Å². The van der Waals surface area contributed by atoms with E-state index in [9.17, 15) is 121 Å². The van der Waals surface area contributed by atoms with Crippen LogP contribution in [0.25, 0.3) is 0 Å². The van der Waals surface area contributed by atoms with Gasteiger partial charge < -0.3 is 134 Å². The molecule has 0 aliphatic heterocycles. The number of nitrogens with one attached hydrogen (secondary N) is 15. The fourth-order valence-electron chi connectivity index (χ4n) is 9.37. The van der Waals surface area contributed by atoms with Crippen molar-refractivity contribution in [3.8, 4) is 5.75 Å². The number of primary amides is 3. The first-order valence-electron chi connectivity index (χ1n) is 33.4. The second-order valence-electron chi connectivity index (χ2n) is 24.3. The number of carbonyl (C=O) groups is 20. The molecule has 606 valence electrons. The van der Waals surface area contributed by atoms with Crippen molar-refractivity contribution in [3.05, 3.63) is 29.8 Å². The summed E-state index contributed by atoms with van der Waals surface area (Å²) < 4.78 is 0. The van der Waals surface area contributed by atoms with Crippen molar-refractivity contribution >= 4 is 136 Å². The Morgan fingerprint density at radius 1 is 0.413 bits per heavy atom. The number of hydrogen-bond acceptors (Lipinski definition) is 25. The van der Waals surface area contributed by atoms with Gasteiger partial charge in [-0.3, -0.25) is 96.5 Å². The molecule has 0 radical (unpaired) electrons. The molecule has 1 aromatic rings. The van der Waals surface area contributed by atoms with Gasteiger partial charge in [-0.05, 0) is 94.9 Å². The van der Waals surface area contributed by atoms with Gasteiger partial charge in [0.25, 0.3) is 0 Å². The average molecular weight is 1570 g/mol. The molecule has 0 aliphatic rings. The van der Waals surface area contributed by atoms with Gasteiger partial charge in [-0.25, -0.2) is 4.79 Å². The van der Waals surface area contributed by atoms with Crippen LogP contribution in [-0.2, 0) is 102 Å². The molecule has 0 aromatic heterocycles. The Hall–Kier alpha value is -12.0. The molecular weight excluding hydrogens is 1470 g/mol. The summed E-state index contributed by atoms with van der Waals surface area (Å²) in [6.45, 7) is -1.16. The van der Waals surface area contributed by atoms with Gasteiger partial charge in [0.15, 0.2) is 5.96 Å². The molecule has 47 heteroatoms. The van der Waals surface area contributed by atoms with E-state index in [4.69, 9.17) is 39.2 Å². The van der Waals surface area contributed by atoms with E-state index in [-0.39, 0.29) is 42.9 Å². The molecule has 0 saturated heterocycles. The van der Waals surface area contributed by atoms with E-state index in [1.54, 1.807) is 6.26 Å². The first-order valence-corrected chi connectivity index (χ1v) is 34.8. The summed E-state index contributed by atoms with van der Waals surface area (Å²) >= 11 is 1.27. The molecule has 12 atom stereocenters. The molecule has 0 aliphatic carbocycles. The molecule has 1 aromatic carbocycles. The van der Waals surface area contributed by atoms with Crippen LogP contribution in [0, 0.1) is 5.41 Å². The highest BCUT2D eigenvalue weighted by molar-refractivity contribution is 7.98. The zero-order valence-corrected chi connectivity index (χ0v) is 60.3. The number of phenolic OH excluding ortho intramolecular Hbond substituents is 1. The van der Waals surface area contributed by atoms with Crippen molar-refractivity contribution in [1.29, 1.82) is 5.41 Å². The Balaban J connectivity index is 3.48. The zero-order valence-electron chi connectivity index (χ0n) is 59.5. The van der Waals surface area contributed by atoms with Crippen LogP contribution in [0.4, 0.5) is 0 Å². The number of rotatable bonds is 54. The highest BCUT2D eigenvalue weighted by atomic mass is 32.2. The minimum absolute atomic E-state index is 0.0527. The molecule has 0 bridgehead atoms. The first-order chi connectivity index (χ1) is 51.1. The molecule has 16 amide bonds. The van der Waals surface area contributed by atoms with Gasteiger partial charge in [0.1, 0.15) is 72.2 Å². The van der Waals surface area contributed by atoms with E-state index in [1.807, 2.05) is 10.6 Å². The Morgan fingerprint density at radius 2 is 0.771 bits per heavy atom. The van der Waals surface area contributed by atoms with E-state index in [1.165, 1.54) is 43.0 Å². The van der Waals surface area contributed by atoms with Gasteiger partial charge in [-0.1, -0.05) is 12.1 Å². The number of hydrogen-bond donors (Lipinski definition) is 26. The first kappa shape index (κ1) is 95.0. The minimum atomic E-state index is -2.16. The van der Waals surface area contributed by atoms with E-state index < -0.39 is 294 Å². The third kappa shape index (κ3) is 39.8. The maximum absolute atomic E-state index is 14.1. The maximum Gasteiger partial charge on any atom is 0.326 e. The molecular formula is C62H96N20O26S. The minimum Gasteiger partial charge on any atom is -0.508 e. The Morgan fingerprint density at radius 3 is 1.18 bits per heavy atom. The summed E-state index contributed by atoms with van der Waals surface area (Å²) in [5.74, 6) is -24.9. The van der Waals surface area contributed by atoms with Gasteiger partial charge in [0, 0.05) is 45.1 Å². The smallest absolute Gasteiger partial charge is 0.326 e. The predicted octanol–water partition coefficient (Wildman–Crippen LogP) is -11.0. The number of benzene rings is 1. The topological polar surface area (TPSA) is 785 Å². The van der Waals surface area contributed by atoms with Crippen LogP contribution < -0.4 is 103 Å². The Kier molecular flexibility index (Phi) is 43.3. The summed E-state index contributed by atoms with van der Waals surface area (Å²) in [6.07, 6.45) is -6.42. The van der Waals surface area contributed by atoms with E-state index >= 15 is 0 Å². The number of guanidine groups is 1. The lowest BCUT2D eigenvalue weighted by Gasteiger charge is -2.26. The highest BCUT2D eigenvalue weighted by Gasteiger charge is 2.37. The van der Waals surface area contributed by atoms with E-state index in [0.29, 0.717) is 0 Å². The number of nitrogens with two attached hydrogens (primary N) is 5. The number of carbonyl (C=O) groups excluding carboxylic acids is 16. The molecule has 0 spiro atoms. The van der Waals surface area contributed by atoms with Crippen LogP contribution >= 0.6 is 11.8 Å². The summed E-state index contributed by atoms with van der Waals surface area (Å²) in [7, 11) is 0. The van der Waals surface area contributed by atoms with Crippen LogP contribution in [0.15, 0.2) is 24.3 Å². The summed E-state index contributed by atoms with van der Waals surface area (Å²) in [4.78, 5) is 259. The van der Waals surface area contributed by atoms with Crippen molar-refractivity contribution in [2.75, 3.05) is 38.2 Å². The Bertz CT molecular complexity index is 3440. The lowest BCUT2D eigenvalue weighted by molar-refractivity contribution is -0.142. The second-order valence-corrected chi connectivity index (χ2v) is 25.3. The summed E-state index contributed by atoms with van der Waals surface area (Å²) in [6, 6.07) is -15.4. The summed E-state index contributed by atoms with van der Waals surface area (Å²) in [5.41, 5.74) is 27.2. The second kappa shape index (κ2) is 49.7. The quantitative estimate of drug-likeness (QED) is 0.0164. The van der Waals surface area contributed by atoms with Crippen molar-refractivity contribution in [3.63, 3.8) is 0 Å². The number of thioether (sulfide) groups is 1. The van der Waals surface area contributed by atoms with Crippen molar-refractivity contribution in [2.45, 2.75) is 183 Å². The van der Waals surface area contributed by atoms with Crippen LogP contribution in [0.3, 0.4) is 0 Å². The average Bonchev–Trinajstić information content (AvgIpc) is 0.856. The third-order valence-electron chi connectivity index (χ3n) is 15.2. The van der Waals surface area contributed by atoms with E-state index in [0.717, 1.165) is 6.92 Å². The highest BCUT2D eigenvalue weighted by Crippen LogP contribution is 2.14. The normalized spacial score (nSPS) is 14.1. The SMILES string of the molecule is CSCC[C@H](NC(=O)[C@H](CCC(N)=O)NC(=O)[C@H](Cc1ccc(O)cc1)NC(=O)[C@H](CCC(N)=O)NC(=O)CNC(=O)[C@H](CC(=O)O)NC(=O)[C@H](CO)NC(=O)[C@H](CCC(N)=O)NC(=O)[C@H](CCCNC(=N)N)NC(=O)[C@H](C)NC(=O)[C@H](CCC(=O)O)NC(=O)CNC(=O)[C@H](CCC(=O)O)NC(=O)[C@H](C)N)C(=O)O. The fraction of sp³-hybridized carbons (Fsp3) is 0.565. The predicted molar refractivity (Wildman–Crippen MR) is 377 cm³/mol. The van der Waals surface area contributed by atoms with E-state index in [2.05, 4.69) is 63.8 Å². The van der Waals surface area contributed by atoms with Crippen LogP contribution in [0.1, 0.15) is 109 Å². The largest absolute Gasteiger partial charge is 0.508 e. The Labute approximate surface area is 625 Å². The number of phenols is 1. The molecule has 0 unspecified atom stereocenters. The number of carboxylic acid groups (broad SMARTS) is 4. The number of aliphatic carboxylic acids is 4. The number of aliphatic hydroxyl groups is 1. The molecule has 109 heavy (non-hydrogen) atoms. The molecule has 0 fully saturated rings. The van der Waals surface area contributed by atoms with Gasteiger partial charge >= 0.3 is 23.9 Å². The molecule has 0 heterocycles. The summed E-state index contributed by atoms with van der Waals surface area (Å²) in [5, 5.41) is 96.9. The lowest BCUT2D eigenvalue weighted by atomic mass is 10.0. The van der Waals surface area contributed by atoms with Gasteiger partial charge in [0.05, 0.1) is 32.2 Å². The molecule has 46 nitrogen and oxygen atoms in total. The lowest BCUT2D eigenvalue weighted by Crippen LogP contribution is -2.60. The molecule has 0 saturated carbocycles.